The van der Waals surface area contributed by atoms with E-state index in [0.29, 0.717) is 6.42 Å². The number of primary amides is 1. The smallest absolute Gasteiger partial charge is 0.326 e. The maximum absolute atomic E-state index is 10.8. The van der Waals surface area contributed by atoms with E-state index >= 15 is 0 Å². The third-order valence-electron chi connectivity index (χ3n) is 2.17. The quantitative estimate of drug-likeness (QED) is 0.598. The molecule has 0 fully saturated rings. The Morgan fingerprint density at radius 3 is 2.73 bits per heavy atom. The van der Waals surface area contributed by atoms with E-state index in [4.69, 9.17) is 10.8 Å². The predicted octanol–water partition coefficient (Wildman–Crippen LogP) is 0.774. The number of carboxylic acids is 1. The molecule has 0 aromatic rings. The summed E-state index contributed by atoms with van der Waals surface area (Å²) in [7, 11) is 0. The Morgan fingerprint density at radius 1 is 1.53 bits per heavy atom. The molecule has 0 aromatic carbocycles. The van der Waals surface area contributed by atoms with Crippen molar-refractivity contribution in [1.29, 1.82) is 0 Å². The number of allylic oxidation sites excluding steroid dienone is 3. The second kappa shape index (κ2) is 5.19. The molecule has 0 radical (unpaired) electrons. The minimum absolute atomic E-state index is 0.308. The van der Waals surface area contributed by atoms with Crippen LogP contribution in [0.1, 0.15) is 19.3 Å². The third kappa shape index (κ3) is 3.84. The first-order chi connectivity index (χ1) is 7.09. The van der Waals surface area contributed by atoms with Crippen molar-refractivity contribution < 1.29 is 14.7 Å². The van der Waals surface area contributed by atoms with Crippen molar-refractivity contribution in [3.05, 3.63) is 23.8 Å². The van der Waals surface area contributed by atoms with Crippen LogP contribution in [0, 0.1) is 0 Å². The van der Waals surface area contributed by atoms with E-state index in [9.17, 15) is 9.59 Å². The Labute approximate surface area is 87.6 Å². The number of carboxylic acid groups (broad SMARTS) is 1. The molecule has 0 heterocycles. The van der Waals surface area contributed by atoms with Crippen molar-refractivity contribution in [3.63, 3.8) is 0 Å². The van der Waals surface area contributed by atoms with Crippen LogP contribution in [0.15, 0.2) is 23.8 Å². The standard InChI is InChI=1S/C10H14N2O3/c11-10(15)12-8(9(13)14)6-7-4-2-1-3-5-7/h1-2,5,8H,3-4,6H2,(H,13,14)(H3,11,12,15). The number of urea groups is 1. The number of carbonyl (C=O) groups excluding carboxylic acids is 1. The Kier molecular flexibility index (Phi) is 3.91. The topological polar surface area (TPSA) is 92.4 Å². The van der Waals surface area contributed by atoms with Gasteiger partial charge in [0.05, 0.1) is 0 Å². The molecule has 2 amide bonds. The summed E-state index contributed by atoms with van der Waals surface area (Å²) in [6.45, 7) is 0. The number of hydrogen-bond acceptors (Lipinski definition) is 2. The minimum atomic E-state index is -1.07. The van der Waals surface area contributed by atoms with Crippen molar-refractivity contribution in [1.82, 2.24) is 5.32 Å². The highest BCUT2D eigenvalue weighted by atomic mass is 16.4. The second-order valence-corrected chi connectivity index (χ2v) is 3.38. The molecule has 1 aliphatic rings. The summed E-state index contributed by atoms with van der Waals surface area (Å²) < 4.78 is 0. The van der Waals surface area contributed by atoms with Crippen LogP contribution in [0.5, 0.6) is 0 Å². The van der Waals surface area contributed by atoms with E-state index in [1.54, 1.807) is 0 Å². The zero-order valence-electron chi connectivity index (χ0n) is 8.27. The molecule has 1 atom stereocenters. The molecule has 0 bridgehead atoms. The van der Waals surface area contributed by atoms with Gasteiger partial charge in [0.2, 0.25) is 0 Å². The number of rotatable bonds is 4. The Bertz CT molecular complexity index is 321. The molecule has 0 saturated heterocycles. The highest BCUT2D eigenvalue weighted by molar-refractivity contribution is 5.81. The minimum Gasteiger partial charge on any atom is -0.480 e. The molecule has 1 rings (SSSR count). The van der Waals surface area contributed by atoms with E-state index in [-0.39, 0.29) is 0 Å². The largest absolute Gasteiger partial charge is 0.480 e. The van der Waals surface area contributed by atoms with Crippen LogP contribution in [0.2, 0.25) is 0 Å². The summed E-state index contributed by atoms with van der Waals surface area (Å²) in [6.07, 6.45) is 7.84. The lowest BCUT2D eigenvalue weighted by molar-refractivity contribution is -0.139. The normalized spacial score (nSPS) is 16.7. The van der Waals surface area contributed by atoms with Gasteiger partial charge in [0.15, 0.2) is 0 Å². The molecule has 4 N–H and O–H groups in total. The number of nitrogens with one attached hydrogen (secondary N) is 1. The number of aliphatic carboxylic acids is 1. The van der Waals surface area contributed by atoms with E-state index < -0.39 is 18.0 Å². The maximum atomic E-state index is 10.8. The van der Waals surface area contributed by atoms with Crippen molar-refractivity contribution >= 4 is 12.0 Å². The van der Waals surface area contributed by atoms with E-state index in [1.807, 2.05) is 18.2 Å². The van der Waals surface area contributed by atoms with Crippen LogP contribution < -0.4 is 11.1 Å². The van der Waals surface area contributed by atoms with Crippen LogP contribution >= 0.6 is 0 Å². The van der Waals surface area contributed by atoms with Gasteiger partial charge in [-0.2, -0.15) is 0 Å². The van der Waals surface area contributed by atoms with Crippen molar-refractivity contribution in [3.8, 4) is 0 Å². The predicted molar refractivity (Wildman–Crippen MR) is 55.2 cm³/mol. The molecule has 0 aromatic heterocycles. The van der Waals surface area contributed by atoms with Gasteiger partial charge in [0.25, 0.3) is 0 Å². The number of amides is 2. The highest BCUT2D eigenvalue weighted by Gasteiger charge is 2.20. The molecular formula is C10H14N2O3. The lowest BCUT2D eigenvalue weighted by Gasteiger charge is -2.15. The molecule has 0 saturated carbocycles. The van der Waals surface area contributed by atoms with Gasteiger partial charge in [-0.05, 0) is 19.3 Å². The molecule has 5 heteroatoms. The summed E-state index contributed by atoms with van der Waals surface area (Å²) in [6, 6.07) is -1.74. The average molecular weight is 210 g/mol. The molecule has 82 valence electrons. The van der Waals surface area contributed by atoms with Gasteiger partial charge >= 0.3 is 12.0 Å². The van der Waals surface area contributed by atoms with Crippen LogP contribution in [-0.4, -0.2) is 23.1 Å². The molecular weight excluding hydrogens is 196 g/mol. The molecule has 1 unspecified atom stereocenters. The zero-order valence-corrected chi connectivity index (χ0v) is 8.27. The van der Waals surface area contributed by atoms with E-state index in [0.717, 1.165) is 18.4 Å². The second-order valence-electron chi connectivity index (χ2n) is 3.38. The lowest BCUT2D eigenvalue weighted by atomic mass is 9.99. The van der Waals surface area contributed by atoms with Gasteiger partial charge in [0, 0.05) is 0 Å². The lowest BCUT2D eigenvalue weighted by Crippen LogP contribution is -2.43. The fourth-order valence-electron chi connectivity index (χ4n) is 1.45. The van der Waals surface area contributed by atoms with Crippen molar-refractivity contribution in [2.75, 3.05) is 0 Å². The summed E-state index contributed by atoms with van der Waals surface area (Å²) in [5, 5.41) is 11.0. The summed E-state index contributed by atoms with van der Waals surface area (Å²) in [4.78, 5) is 21.4. The molecule has 15 heavy (non-hydrogen) atoms. The summed E-state index contributed by atoms with van der Waals surface area (Å²) >= 11 is 0. The van der Waals surface area contributed by atoms with Gasteiger partial charge in [-0.3, -0.25) is 0 Å². The molecule has 5 nitrogen and oxygen atoms in total. The van der Waals surface area contributed by atoms with E-state index in [2.05, 4.69) is 5.32 Å². The van der Waals surface area contributed by atoms with Crippen molar-refractivity contribution in [2.45, 2.75) is 25.3 Å². The number of nitrogens with two attached hydrogens (primary N) is 1. The van der Waals surface area contributed by atoms with Gasteiger partial charge in [-0.15, -0.1) is 0 Å². The van der Waals surface area contributed by atoms with E-state index in [1.165, 1.54) is 0 Å². The fourth-order valence-corrected chi connectivity index (χ4v) is 1.45. The van der Waals surface area contributed by atoms with Crippen LogP contribution in [-0.2, 0) is 4.79 Å². The fraction of sp³-hybridized carbons (Fsp3) is 0.400. The van der Waals surface area contributed by atoms with Crippen LogP contribution in [0.3, 0.4) is 0 Å². The third-order valence-corrected chi connectivity index (χ3v) is 2.17. The number of hydrogen-bond donors (Lipinski definition) is 3. The Morgan fingerprint density at radius 2 is 2.27 bits per heavy atom. The Hall–Kier alpha value is -1.78. The van der Waals surface area contributed by atoms with Gasteiger partial charge in [0.1, 0.15) is 6.04 Å². The molecule has 0 spiro atoms. The molecule has 0 aliphatic heterocycles. The van der Waals surface area contributed by atoms with Crippen LogP contribution in [0.4, 0.5) is 4.79 Å². The zero-order chi connectivity index (χ0) is 11.3. The maximum Gasteiger partial charge on any atom is 0.326 e. The monoisotopic (exact) mass is 210 g/mol. The van der Waals surface area contributed by atoms with Gasteiger partial charge in [-0.1, -0.05) is 23.8 Å². The molecule has 1 aliphatic carbocycles. The van der Waals surface area contributed by atoms with Crippen LogP contribution in [0.25, 0.3) is 0 Å². The first kappa shape index (κ1) is 11.3. The first-order valence-electron chi connectivity index (χ1n) is 4.71. The SMILES string of the molecule is NC(=O)NC(CC1=CCC=CC1)C(=O)O. The Balaban J connectivity index is 2.54. The number of carbonyl (C=O) groups is 2. The first-order valence-corrected chi connectivity index (χ1v) is 4.71. The summed E-state index contributed by atoms with van der Waals surface area (Å²) in [5.41, 5.74) is 5.90. The highest BCUT2D eigenvalue weighted by Crippen LogP contribution is 2.16. The van der Waals surface area contributed by atoms with Gasteiger partial charge in [-0.25, -0.2) is 9.59 Å². The summed E-state index contributed by atoms with van der Waals surface area (Å²) in [5.74, 6) is -1.07. The van der Waals surface area contributed by atoms with Crippen molar-refractivity contribution in [2.24, 2.45) is 5.73 Å². The van der Waals surface area contributed by atoms with Gasteiger partial charge < -0.3 is 16.2 Å². The average Bonchev–Trinajstić information content (AvgIpc) is 2.17.